The van der Waals surface area contributed by atoms with E-state index in [2.05, 4.69) is 49.9 Å². The lowest BCUT2D eigenvalue weighted by Gasteiger charge is -2.33. The Morgan fingerprint density at radius 2 is 2.07 bits per heavy atom. The zero-order valence-electron chi connectivity index (χ0n) is 17.6. The van der Waals surface area contributed by atoms with E-state index in [1.807, 2.05) is 0 Å². The molecule has 1 N–H and O–H groups in total. The van der Waals surface area contributed by atoms with Gasteiger partial charge < -0.3 is 10.1 Å². The molecule has 0 fully saturated rings. The van der Waals surface area contributed by atoms with Crippen molar-refractivity contribution >= 4 is 37.6 Å². The molecule has 28 heavy (non-hydrogen) atoms. The highest BCUT2D eigenvalue weighted by Crippen LogP contribution is 2.42. The zero-order valence-corrected chi connectivity index (χ0v) is 18.4. The third kappa shape index (κ3) is 3.48. The Kier molecular flexibility index (Phi) is 5.27. The van der Waals surface area contributed by atoms with Crippen LogP contribution >= 0.6 is 11.3 Å². The van der Waals surface area contributed by atoms with Gasteiger partial charge in [-0.1, -0.05) is 20.3 Å². The number of anilines is 1. The van der Waals surface area contributed by atoms with Crippen molar-refractivity contribution in [3.05, 3.63) is 23.1 Å². The summed E-state index contributed by atoms with van der Waals surface area (Å²) in [4.78, 5) is 15.4. The van der Waals surface area contributed by atoms with Gasteiger partial charge in [-0.2, -0.15) is 0 Å². The van der Waals surface area contributed by atoms with E-state index in [-0.39, 0.29) is 5.60 Å². The SMILES string of the molecule is CCCCc1nc2sc3c(NC(C)CC)ncnc3c2c2c1COC(C)(C)C2. The molecule has 0 amide bonds. The standard InChI is InChI=1S/C22H30N4OS/c1-6-8-9-16-15-11-27-22(4,5)10-14(15)17-18-19(28-21(17)26-16)20(24-12-23-18)25-13(3)7-2/h12-13H,6-11H2,1-5H3,(H,23,24,25). The predicted octanol–water partition coefficient (Wildman–Crippen LogP) is 5.64. The van der Waals surface area contributed by atoms with Crippen molar-refractivity contribution in [1.29, 1.82) is 0 Å². The highest BCUT2D eigenvalue weighted by Gasteiger charge is 2.31. The maximum absolute atomic E-state index is 6.16. The Labute approximate surface area is 170 Å². The number of nitrogens with one attached hydrogen (secondary N) is 1. The number of aromatic nitrogens is 3. The van der Waals surface area contributed by atoms with Crippen molar-refractivity contribution < 1.29 is 4.74 Å². The number of hydrogen-bond donors (Lipinski definition) is 1. The van der Waals surface area contributed by atoms with E-state index in [0.717, 1.165) is 46.5 Å². The average Bonchev–Trinajstić information content (AvgIpc) is 3.04. The van der Waals surface area contributed by atoms with Crippen LogP contribution in [-0.4, -0.2) is 26.6 Å². The maximum Gasteiger partial charge on any atom is 0.147 e. The minimum Gasteiger partial charge on any atom is -0.370 e. The second kappa shape index (κ2) is 7.56. The molecule has 0 spiro atoms. The normalized spacial score (nSPS) is 17.0. The molecule has 6 heteroatoms. The van der Waals surface area contributed by atoms with Crippen LogP contribution in [0.15, 0.2) is 6.33 Å². The molecule has 1 aliphatic rings. The van der Waals surface area contributed by atoms with Crippen molar-refractivity contribution in [2.24, 2.45) is 0 Å². The van der Waals surface area contributed by atoms with Crippen molar-refractivity contribution in [3.63, 3.8) is 0 Å². The van der Waals surface area contributed by atoms with Crippen molar-refractivity contribution in [3.8, 4) is 0 Å². The average molecular weight is 399 g/mol. The molecule has 0 saturated heterocycles. The van der Waals surface area contributed by atoms with Gasteiger partial charge in [0.25, 0.3) is 0 Å². The van der Waals surface area contributed by atoms with Gasteiger partial charge in [0.1, 0.15) is 17.0 Å². The Morgan fingerprint density at radius 1 is 1.25 bits per heavy atom. The van der Waals surface area contributed by atoms with Gasteiger partial charge in [-0.15, -0.1) is 11.3 Å². The van der Waals surface area contributed by atoms with Crippen LogP contribution in [0.3, 0.4) is 0 Å². The molecule has 0 saturated carbocycles. The zero-order chi connectivity index (χ0) is 19.9. The van der Waals surface area contributed by atoms with Crippen LogP contribution in [0.1, 0.15) is 70.7 Å². The van der Waals surface area contributed by atoms with E-state index in [1.54, 1.807) is 17.7 Å². The molecule has 5 nitrogen and oxygen atoms in total. The third-order valence-electron chi connectivity index (χ3n) is 5.68. The summed E-state index contributed by atoms with van der Waals surface area (Å²) in [5, 5.41) is 4.76. The van der Waals surface area contributed by atoms with Crippen LogP contribution in [0.5, 0.6) is 0 Å². The van der Waals surface area contributed by atoms with E-state index in [0.29, 0.717) is 12.6 Å². The summed E-state index contributed by atoms with van der Waals surface area (Å²) in [6.07, 6.45) is 6.96. The van der Waals surface area contributed by atoms with Gasteiger partial charge in [0.05, 0.1) is 22.4 Å². The van der Waals surface area contributed by atoms with Crippen molar-refractivity contribution in [2.75, 3.05) is 5.32 Å². The molecule has 0 aromatic carbocycles. The van der Waals surface area contributed by atoms with Crippen LogP contribution in [0, 0.1) is 0 Å². The summed E-state index contributed by atoms with van der Waals surface area (Å²) in [7, 11) is 0. The molecule has 0 aliphatic carbocycles. The van der Waals surface area contributed by atoms with Gasteiger partial charge >= 0.3 is 0 Å². The fourth-order valence-corrected chi connectivity index (χ4v) is 4.99. The molecule has 1 unspecified atom stereocenters. The molecule has 150 valence electrons. The number of rotatable bonds is 6. The third-order valence-corrected chi connectivity index (χ3v) is 6.76. The number of fused-ring (bicyclic) bond motifs is 5. The summed E-state index contributed by atoms with van der Waals surface area (Å²) >= 11 is 1.72. The summed E-state index contributed by atoms with van der Waals surface area (Å²) < 4.78 is 7.27. The van der Waals surface area contributed by atoms with Crippen LogP contribution in [0.25, 0.3) is 20.4 Å². The van der Waals surface area contributed by atoms with Crippen LogP contribution in [0.4, 0.5) is 5.82 Å². The number of unbranched alkanes of at least 4 members (excludes halogenated alkanes) is 1. The number of nitrogens with zero attached hydrogens (tertiary/aromatic N) is 3. The Morgan fingerprint density at radius 3 is 2.82 bits per heavy atom. The van der Waals surface area contributed by atoms with Gasteiger partial charge in [-0.05, 0) is 45.6 Å². The quantitative estimate of drug-likeness (QED) is 0.582. The van der Waals surface area contributed by atoms with E-state index in [4.69, 9.17) is 9.72 Å². The Balaban J connectivity index is 1.95. The fraction of sp³-hybridized carbons (Fsp3) is 0.591. The van der Waals surface area contributed by atoms with E-state index < -0.39 is 0 Å². The Bertz CT molecular complexity index is 1010. The number of ether oxygens (including phenoxy) is 1. The lowest BCUT2D eigenvalue weighted by atomic mass is 9.88. The topological polar surface area (TPSA) is 59.9 Å². The van der Waals surface area contributed by atoms with Gasteiger partial charge in [-0.25, -0.2) is 15.0 Å². The molecule has 1 aliphatic heterocycles. The second-order valence-corrected chi connectivity index (χ2v) is 9.48. The monoisotopic (exact) mass is 398 g/mol. The lowest BCUT2D eigenvalue weighted by Crippen LogP contribution is -2.32. The van der Waals surface area contributed by atoms with Crippen LogP contribution in [0.2, 0.25) is 0 Å². The van der Waals surface area contributed by atoms with Crippen molar-refractivity contribution in [2.45, 2.75) is 85.0 Å². The molecule has 0 radical (unpaired) electrons. The summed E-state index contributed by atoms with van der Waals surface area (Å²) in [5.41, 5.74) is 4.74. The van der Waals surface area contributed by atoms with E-state index in [1.165, 1.54) is 28.6 Å². The molecule has 0 bridgehead atoms. The molecule has 3 aromatic rings. The van der Waals surface area contributed by atoms with E-state index in [9.17, 15) is 0 Å². The summed E-state index contributed by atoms with van der Waals surface area (Å²) in [5.74, 6) is 0.928. The number of aryl methyl sites for hydroxylation is 1. The second-order valence-electron chi connectivity index (χ2n) is 8.48. The first-order valence-corrected chi connectivity index (χ1v) is 11.2. The molecule has 4 rings (SSSR count). The minimum atomic E-state index is -0.164. The lowest BCUT2D eigenvalue weighted by molar-refractivity contribution is -0.0401. The van der Waals surface area contributed by atoms with Gasteiger partial charge in [-0.3, -0.25) is 0 Å². The number of hydrogen-bond acceptors (Lipinski definition) is 6. The summed E-state index contributed by atoms with van der Waals surface area (Å²) in [6.45, 7) is 11.6. The van der Waals surface area contributed by atoms with Crippen LogP contribution < -0.4 is 5.32 Å². The first-order valence-electron chi connectivity index (χ1n) is 10.4. The fourth-order valence-electron chi connectivity index (χ4n) is 3.86. The highest BCUT2D eigenvalue weighted by molar-refractivity contribution is 7.26. The maximum atomic E-state index is 6.16. The number of pyridine rings is 1. The number of thiophene rings is 1. The first kappa shape index (κ1) is 19.5. The largest absolute Gasteiger partial charge is 0.370 e. The molecule has 3 aromatic heterocycles. The first-order chi connectivity index (χ1) is 13.4. The molecular weight excluding hydrogens is 368 g/mol. The van der Waals surface area contributed by atoms with Gasteiger partial charge in [0.15, 0.2) is 0 Å². The van der Waals surface area contributed by atoms with Crippen LogP contribution in [-0.2, 0) is 24.2 Å². The Hall–Kier alpha value is -1.79. The van der Waals surface area contributed by atoms with Gasteiger partial charge in [0.2, 0.25) is 0 Å². The predicted molar refractivity (Wildman–Crippen MR) is 117 cm³/mol. The smallest absolute Gasteiger partial charge is 0.147 e. The van der Waals surface area contributed by atoms with Crippen molar-refractivity contribution in [1.82, 2.24) is 15.0 Å². The molecule has 4 heterocycles. The van der Waals surface area contributed by atoms with E-state index >= 15 is 0 Å². The highest BCUT2D eigenvalue weighted by atomic mass is 32.1. The molecular formula is C22H30N4OS. The minimum absolute atomic E-state index is 0.164. The summed E-state index contributed by atoms with van der Waals surface area (Å²) in [6, 6.07) is 0.373. The molecule has 1 atom stereocenters. The van der Waals surface area contributed by atoms with Gasteiger partial charge in [0, 0.05) is 29.1 Å².